The zero-order chi connectivity index (χ0) is 16.2. The van der Waals surface area contributed by atoms with Gasteiger partial charge < -0.3 is 15.1 Å². The number of nitrogens with one attached hydrogen (secondary N) is 1. The first-order valence-corrected chi connectivity index (χ1v) is 8.30. The van der Waals surface area contributed by atoms with Crippen LogP contribution in [0.25, 0.3) is 0 Å². The highest BCUT2D eigenvalue weighted by Gasteiger charge is 2.17. The van der Waals surface area contributed by atoms with Gasteiger partial charge in [-0.15, -0.1) is 0 Å². The molecule has 0 unspecified atom stereocenters. The van der Waals surface area contributed by atoms with Crippen molar-refractivity contribution >= 4 is 17.3 Å². The molecule has 1 aliphatic heterocycles. The molecule has 1 aromatic heterocycles. The molecule has 0 atom stereocenters. The van der Waals surface area contributed by atoms with Crippen molar-refractivity contribution in [1.29, 1.82) is 0 Å². The van der Waals surface area contributed by atoms with Crippen molar-refractivity contribution in [2.24, 2.45) is 0 Å². The predicted octanol–water partition coefficient (Wildman–Crippen LogP) is 2.98. The van der Waals surface area contributed by atoms with Gasteiger partial charge in [-0.1, -0.05) is 19.1 Å². The fourth-order valence-electron chi connectivity index (χ4n) is 2.94. The summed E-state index contributed by atoms with van der Waals surface area (Å²) in [6, 6.07) is 10.4. The molecule has 1 aromatic carbocycles. The number of aryl methyl sites for hydroxylation is 2. The normalized spacial score (nSPS) is 15.7. The largest absolute Gasteiger partial charge is 0.354 e. The van der Waals surface area contributed by atoms with Crippen molar-refractivity contribution in [1.82, 2.24) is 14.9 Å². The van der Waals surface area contributed by atoms with Crippen LogP contribution in [0.4, 0.5) is 17.3 Å². The first-order valence-electron chi connectivity index (χ1n) is 8.30. The first-order chi connectivity index (χ1) is 11.1. The Balaban J connectivity index is 1.77. The Morgan fingerprint density at radius 1 is 1.04 bits per heavy atom. The molecule has 5 heteroatoms. The Morgan fingerprint density at radius 3 is 2.52 bits per heavy atom. The van der Waals surface area contributed by atoms with Crippen LogP contribution in [0.1, 0.15) is 18.3 Å². The number of hydrogen-bond donors (Lipinski definition) is 1. The van der Waals surface area contributed by atoms with Gasteiger partial charge in [0.05, 0.1) is 0 Å². The summed E-state index contributed by atoms with van der Waals surface area (Å²) in [7, 11) is 0. The number of piperazine rings is 1. The lowest BCUT2D eigenvalue weighted by molar-refractivity contribution is 0.270. The maximum Gasteiger partial charge on any atom is 0.136 e. The highest BCUT2D eigenvalue weighted by molar-refractivity contribution is 5.60. The van der Waals surface area contributed by atoms with Gasteiger partial charge in [0.15, 0.2) is 0 Å². The van der Waals surface area contributed by atoms with Gasteiger partial charge in [0, 0.05) is 37.9 Å². The molecule has 5 nitrogen and oxygen atoms in total. The molecule has 23 heavy (non-hydrogen) atoms. The standard InChI is InChI=1S/C18H25N5/c1-4-22-8-10-23(11-9-22)18-13-17(19-15(3)20-18)21-16-7-5-6-14(2)12-16/h5-7,12-13H,4,8-11H2,1-3H3,(H,19,20,21). The van der Waals surface area contributed by atoms with Crippen molar-refractivity contribution in [2.75, 3.05) is 42.9 Å². The highest BCUT2D eigenvalue weighted by Crippen LogP contribution is 2.21. The molecule has 0 saturated carbocycles. The fraction of sp³-hybridized carbons (Fsp3) is 0.444. The minimum atomic E-state index is 0.801. The maximum atomic E-state index is 4.62. The van der Waals surface area contributed by atoms with Crippen LogP contribution in [-0.2, 0) is 0 Å². The minimum absolute atomic E-state index is 0.801. The monoisotopic (exact) mass is 311 g/mol. The van der Waals surface area contributed by atoms with Crippen LogP contribution >= 0.6 is 0 Å². The molecule has 1 N–H and O–H groups in total. The Kier molecular flexibility index (Phi) is 4.76. The molecule has 1 saturated heterocycles. The Bertz CT molecular complexity index is 662. The molecule has 2 heterocycles. The lowest BCUT2D eigenvalue weighted by atomic mass is 10.2. The van der Waals surface area contributed by atoms with Gasteiger partial charge in [-0.25, -0.2) is 9.97 Å². The summed E-state index contributed by atoms with van der Waals surface area (Å²) >= 11 is 0. The van der Waals surface area contributed by atoms with E-state index in [9.17, 15) is 0 Å². The smallest absolute Gasteiger partial charge is 0.136 e. The second-order valence-corrected chi connectivity index (χ2v) is 6.07. The zero-order valence-electron chi connectivity index (χ0n) is 14.2. The van der Waals surface area contributed by atoms with Crippen LogP contribution in [0, 0.1) is 13.8 Å². The van der Waals surface area contributed by atoms with Gasteiger partial charge in [-0.3, -0.25) is 0 Å². The summed E-state index contributed by atoms with van der Waals surface area (Å²) in [5, 5.41) is 3.40. The minimum Gasteiger partial charge on any atom is -0.354 e. The molecule has 1 aliphatic rings. The van der Waals surface area contributed by atoms with E-state index in [2.05, 4.69) is 69.3 Å². The molecule has 1 fully saturated rings. The molecular weight excluding hydrogens is 286 g/mol. The molecule has 122 valence electrons. The highest BCUT2D eigenvalue weighted by atomic mass is 15.3. The third kappa shape index (κ3) is 3.99. The van der Waals surface area contributed by atoms with Crippen molar-refractivity contribution in [2.45, 2.75) is 20.8 Å². The Hall–Kier alpha value is -2.14. The van der Waals surface area contributed by atoms with Gasteiger partial charge in [-0.2, -0.15) is 0 Å². The molecular formula is C18H25N5. The topological polar surface area (TPSA) is 44.3 Å². The van der Waals surface area contributed by atoms with Crippen molar-refractivity contribution in [3.63, 3.8) is 0 Å². The van der Waals surface area contributed by atoms with Crippen LogP contribution in [0.15, 0.2) is 30.3 Å². The second kappa shape index (κ2) is 6.96. The van der Waals surface area contributed by atoms with Gasteiger partial charge >= 0.3 is 0 Å². The van der Waals surface area contributed by atoms with E-state index in [1.54, 1.807) is 0 Å². The number of likely N-dealkylation sites (N-methyl/N-ethyl adjacent to an activating group) is 1. The zero-order valence-corrected chi connectivity index (χ0v) is 14.2. The van der Waals surface area contributed by atoms with E-state index in [0.717, 1.165) is 55.9 Å². The van der Waals surface area contributed by atoms with Crippen LogP contribution in [-0.4, -0.2) is 47.6 Å². The average molecular weight is 311 g/mol. The molecule has 3 rings (SSSR count). The van der Waals surface area contributed by atoms with E-state index in [1.165, 1.54) is 5.56 Å². The molecule has 0 bridgehead atoms. The Labute approximate surface area is 138 Å². The van der Waals surface area contributed by atoms with Crippen LogP contribution < -0.4 is 10.2 Å². The summed E-state index contributed by atoms with van der Waals surface area (Å²) in [5.74, 6) is 2.68. The second-order valence-electron chi connectivity index (χ2n) is 6.07. The fourth-order valence-corrected chi connectivity index (χ4v) is 2.94. The van der Waals surface area contributed by atoms with Crippen LogP contribution in [0.2, 0.25) is 0 Å². The Morgan fingerprint density at radius 2 is 1.83 bits per heavy atom. The van der Waals surface area contributed by atoms with Crippen molar-refractivity contribution in [3.8, 4) is 0 Å². The van der Waals surface area contributed by atoms with Gasteiger partial charge in [0.25, 0.3) is 0 Å². The molecule has 2 aromatic rings. The maximum absolute atomic E-state index is 4.62. The third-order valence-corrected chi connectivity index (χ3v) is 4.26. The van der Waals surface area contributed by atoms with E-state index < -0.39 is 0 Å². The third-order valence-electron chi connectivity index (χ3n) is 4.26. The molecule has 0 spiro atoms. The van der Waals surface area contributed by atoms with E-state index in [0.29, 0.717) is 0 Å². The molecule has 0 amide bonds. The number of aromatic nitrogens is 2. The van der Waals surface area contributed by atoms with E-state index in [-0.39, 0.29) is 0 Å². The number of benzene rings is 1. The number of hydrogen-bond acceptors (Lipinski definition) is 5. The van der Waals surface area contributed by atoms with Gasteiger partial charge in [0.1, 0.15) is 17.5 Å². The summed E-state index contributed by atoms with van der Waals surface area (Å²) in [5.41, 5.74) is 2.29. The number of rotatable bonds is 4. The quantitative estimate of drug-likeness (QED) is 0.940. The van der Waals surface area contributed by atoms with E-state index in [1.807, 2.05) is 6.92 Å². The predicted molar refractivity (Wildman–Crippen MR) is 95.6 cm³/mol. The van der Waals surface area contributed by atoms with Crippen molar-refractivity contribution in [3.05, 3.63) is 41.7 Å². The summed E-state index contributed by atoms with van der Waals surface area (Å²) in [4.78, 5) is 14.0. The molecule has 0 radical (unpaired) electrons. The van der Waals surface area contributed by atoms with Crippen LogP contribution in [0.5, 0.6) is 0 Å². The average Bonchev–Trinajstić information content (AvgIpc) is 2.54. The SMILES string of the molecule is CCN1CCN(c2cc(Nc3cccc(C)c3)nc(C)n2)CC1. The summed E-state index contributed by atoms with van der Waals surface area (Å²) in [6.45, 7) is 11.6. The van der Waals surface area contributed by atoms with E-state index in [4.69, 9.17) is 0 Å². The lowest BCUT2D eigenvalue weighted by Crippen LogP contribution is -2.46. The van der Waals surface area contributed by atoms with Crippen LogP contribution in [0.3, 0.4) is 0 Å². The number of anilines is 3. The molecule has 0 aliphatic carbocycles. The summed E-state index contributed by atoms with van der Waals surface area (Å²) in [6.07, 6.45) is 0. The van der Waals surface area contributed by atoms with E-state index >= 15 is 0 Å². The van der Waals surface area contributed by atoms with Gasteiger partial charge in [0.2, 0.25) is 0 Å². The lowest BCUT2D eigenvalue weighted by Gasteiger charge is -2.34. The number of nitrogens with zero attached hydrogens (tertiary/aromatic N) is 4. The summed E-state index contributed by atoms with van der Waals surface area (Å²) < 4.78 is 0. The first kappa shape index (κ1) is 15.7. The van der Waals surface area contributed by atoms with Crippen molar-refractivity contribution < 1.29 is 0 Å². The van der Waals surface area contributed by atoms with Gasteiger partial charge in [-0.05, 0) is 38.1 Å².